The Balaban J connectivity index is 1.29. The van der Waals surface area contributed by atoms with Crippen molar-refractivity contribution in [3.8, 4) is 5.75 Å². The summed E-state index contributed by atoms with van der Waals surface area (Å²) in [6.07, 6.45) is 3.16. The number of benzene rings is 2. The summed E-state index contributed by atoms with van der Waals surface area (Å²) in [6.45, 7) is 11.7. The molecule has 47 heavy (non-hydrogen) atoms. The van der Waals surface area contributed by atoms with Crippen LogP contribution in [0.1, 0.15) is 61.3 Å². The fourth-order valence-corrected chi connectivity index (χ4v) is 8.59. The highest BCUT2D eigenvalue weighted by atomic mass is 16.5. The highest BCUT2D eigenvalue weighted by Gasteiger charge is 2.53. The maximum absolute atomic E-state index is 14.6. The van der Waals surface area contributed by atoms with E-state index in [1.165, 1.54) is 4.90 Å². The van der Waals surface area contributed by atoms with Crippen LogP contribution in [0.5, 0.6) is 5.75 Å². The van der Waals surface area contributed by atoms with Crippen LogP contribution >= 0.6 is 0 Å². The number of carbonyl (C=O) groups is 3. The third-order valence-corrected chi connectivity index (χ3v) is 11.3. The van der Waals surface area contributed by atoms with Crippen LogP contribution in [0.15, 0.2) is 36.4 Å². The number of fused-ring (bicyclic) bond motifs is 1. The monoisotopic (exact) mass is 647 g/mol. The van der Waals surface area contributed by atoms with E-state index in [0.29, 0.717) is 45.4 Å². The van der Waals surface area contributed by atoms with Gasteiger partial charge in [0, 0.05) is 69.4 Å². The van der Waals surface area contributed by atoms with Crippen LogP contribution in [0.25, 0.3) is 0 Å². The van der Waals surface area contributed by atoms with Gasteiger partial charge in [-0.1, -0.05) is 30.3 Å². The number of hydrogen-bond acceptors (Lipinski definition) is 7. The minimum atomic E-state index is -1.03. The molecule has 0 unspecified atom stereocenters. The van der Waals surface area contributed by atoms with Crippen molar-refractivity contribution in [3.63, 3.8) is 0 Å². The fourth-order valence-electron chi connectivity index (χ4n) is 8.59. The van der Waals surface area contributed by atoms with Gasteiger partial charge in [0.25, 0.3) is 0 Å². The lowest BCUT2D eigenvalue weighted by molar-refractivity contribution is -0.132. The fraction of sp³-hybridized carbons (Fsp3) is 0.583. The number of aldehydes is 1. The number of hydrogen-bond donors (Lipinski definition) is 2. The van der Waals surface area contributed by atoms with Gasteiger partial charge in [0.2, 0.25) is 0 Å². The van der Waals surface area contributed by atoms with Gasteiger partial charge in [-0.25, -0.2) is 9.59 Å². The van der Waals surface area contributed by atoms with Gasteiger partial charge in [-0.15, -0.1) is 0 Å². The summed E-state index contributed by atoms with van der Waals surface area (Å²) in [5, 5.41) is 20.9. The predicted octanol–water partition coefficient (Wildman–Crippen LogP) is 4.61. The van der Waals surface area contributed by atoms with Crippen molar-refractivity contribution in [2.75, 3.05) is 57.4 Å². The van der Waals surface area contributed by atoms with Gasteiger partial charge in [0.05, 0.1) is 19.8 Å². The van der Waals surface area contributed by atoms with Crippen molar-refractivity contribution in [3.05, 3.63) is 58.7 Å². The molecule has 6 rings (SSSR count). The van der Waals surface area contributed by atoms with E-state index >= 15 is 0 Å². The van der Waals surface area contributed by atoms with Crippen LogP contribution in [-0.2, 0) is 22.5 Å². The average molecular weight is 648 g/mol. The summed E-state index contributed by atoms with van der Waals surface area (Å²) in [4.78, 5) is 49.8. The van der Waals surface area contributed by atoms with E-state index in [9.17, 15) is 24.6 Å². The molecule has 4 heterocycles. The number of anilines is 1. The van der Waals surface area contributed by atoms with E-state index in [2.05, 4.69) is 22.8 Å². The number of para-hydroxylation sites is 1. The smallest absolute Gasteiger partial charge is 0.408 e. The van der Waals surface area contributed by atoms with Gasteiger partial charge >= 0.3 is 12.1 Å². The van der Waals surface area contributed by atoms with E-state index in [4.69, 9.17) is 4.74 Å². The zero-order valence-electron chi connectivity index (χ0n) is 28.0. The minimum Gasteiger partial charge on any atom is -0.507 e. The summed E-state index contributed by atoms with van der Waals surface area (Å²) in [5.41, 5.74) is 3.35. The molecule has 0 aliphatic carbocycles. The maximum atomic E-state index is 14.6. The number of nitrogens with zero attached hydrogens (tertiary/aromatic N) is 5. The second kappa shape index (κ2) is 13.4. The number of phenolic OH excluding ortho intramolecular Hbond substituents is 1. The van der Waals surface area contributed by atoms with Crippen molar-refractivity contribution >= 4 is 24.1 Å². The molecule has 2 atom stereocenters. The van der Waals surface area contributed by atoms with E-state index in [-0.39, 0.29) is 36.3 Å². The number of aromatic hydroxyl groups is 1. The lowest BCUT2D eigenvalue weighted by Crippen LogP contribution is -2.71. The molecular formula is C36H49N5O6. The van der Waals surface area contributed by atoms with Crippen molar-refractivity contribution in [1.82, 2.24) is 19.6 Å². The maximum Gasteiger partial charge on any atom is 0.408 e. The Bertz CT molecular complexity index is 1460. The van der Waals surface area contributed by atoms with Gasteiger partial charge in [-0.2, -0.15) is 0 Å². The second-order valence-corrected chi connectivity index (χ2v) is 14.0. The van der Waals surface area contributed by atoms with Crippen LogP contribution in [0.2, 0.25) is 0 Å². The average Bonchev–Trinajstić information content (AvgIpc) is 3.20. The third-order valence-electron chi connectivity index (χ3n) is 11.3. The van der Waals surface area contributed by atoms with E-state index in [1.807, 2.05) is 54.0 Å². The van der Waals surface area contributed by atoms with E-state index in [1.54, 1.807) is 0 Å². The predicted molar refractivity (Wildman–Crippen MR) is 179 cm³/mol. The molecular weight excluding hydrogens is 598 g/mol. The first-order valence-corrected chi connectivity index (χ1v) is 17.0. The summed E-state index contributed by atoms with van der Waals surface area (Å²) >= 11 is 0. The quantitative estimate of drug-likeness (QED) is 0.419. The molecule has 254 valence electrons. The van der Waals surface area contributed by atoms with Crippen molar-refractivity contribution in [2.24, 2.45) is 0 Å². The van der Waals surface area contributed by atoms with E-state index < -0.39 is 11.8 Å². The number of piperidine rings is 2. The molecule has 11 heteroatoms. The van der Waals surface area contributed by atoms with Crippen LogP contribution in [0.4, 0.5) is 15.3 Å². The number of phenols is 1. The van der Waals surface area contributed by atoms with Crippen molar-refractivity contribution < 1.29 is 29.3 Å². The van der Waals surface area contributed by atoms with Gasteiger partial charge in [-0.05, 0) is 74.8 Å². The topological polar surface area (TPSA) is 117 Å². The molecule has 2 aromatic rings. The Kier molecular flexibility index (Phi) is 9.51. The lowest BCUT2D eigenvalue weighted by Gasteiger charge is -2.58. The summed E-state index contributed by atoms with van der Waals surface area (Å²) in [7, 11) is 0. The molecule has 0 aromatic heterocycles. The number of aryl methyl sites for hydroxylation is 2. The Morgan fingerprint density at radius 2 is 1.68 bits per heavy atom. The second-order valence-electron chi connectivity index (χ2n) is 14.0. The molecule has 0 saturated carbocycles. The molecule has 11 nitrogen and oxygen atoms in total. The van der Waals surface area contributed by atoms with Crippen LogP contribution < -0.4 is 4.90 Å². The normalized spacial score (nSPS) is 25.7. The van der Waals surface area contributed by atoms with E-state index in [0.717, 1.165) is 73.4 Å². The Morgan fingerprint density at radius 1 is 1.00 bits per heavy atom. The number of urea groups is 1. The number of carboxylic acid groups (broad SMARTS) is 1. The number of likely N-dealkylation sites (tertiary alicyclic amines) is 2. The molecule has 0 spiro atoms. The molecule has 3 fully saturated rings. The van der Waals surface area contributed by atoms with Gasteiger partial charge in [0.15, 0.2) is 0 Å². The molecule has 2 aromatic carbocycles. The lowest BCUT2D eigenvalue weighted by atomic mass is 9.81. The molecule has 2 N–H and O–H groups in total. The molecule has 0 radical (unpaired) electrons. The zero-order valence-corrected chi connectivity index (χ0v) is 28.0. The summed E-state index contributed by atoms with van der Waals surface area (Å²) in [6, 6.07) is 11.5. The Labute approximate surface area is 277 Å². The number of amides is 3. The first-order chi connectivity index (χ1) is 22.6. The largest absolute Gasteiger partial charge is 0.507 e. The molecule has 3 amide bonds. The summed E-state index contributed by atoms with van der Waals surface area (Å²) < 4.78 is 5.60. The minimum absolute atomic E-state index is 0.0112. The number of morpholine rings is 1. The van der Waals surface area contributed by atoms with Crippen LogP contribution in [-0.4, -0.2) is 118 Å². The third kappa shape index (κ3) is 6.33. The molecule has 4 aliphatic rings. The van der Waals surface area contributed by atoms with Crippen LogP contribution in [0.3, 0.4) is 0 Å². The highest BCUT2D eigenvalue weighted by molar-refractivity contribution is 5.94. The van der Waals surface area contributed by atoms with Crippen molar-refractivity contribution in [2.45, 2.75) is 83.1 Å². The van der Waals surface area contributed by atoms with Crippen LogP contribution in [0, 0.1) is 13.8 Å². The highest BCUT2D eigenvalue weighted by Crippen LogP contribution is 2.42. The Hall–Kier alpha value is -3.67. The number of carbonyl (C=O) groups excluding carboxylic acids is 2. The van der Waals surface area contributed by atoms with Gasteiger partial charge in [0.1, 0.15) is 17.7 Å². The summed E-state index contributed by atoms with van der Waals surface area (Å²) in [5.74, 6) is 0.262. The van der Waals surface area contributed by atoms with Gasteiger partial charge < -0.3 is 24.6 Å². The first-order valence-electron chi connectivity index (χ1n) is 17.0. The first kappa shape index (κ1) is 33.2. The molecule has 0 bridgehead atoms. The SMILES string of the molecule is Cc1cc(CN2C(=O)N([C@@H]3CCN(C(=O)O)[C@](CC=O)(N4CCC(C)(N5CCOCC5)CC4)C3)CCc3ccccc32)cc(C)c1O. The zero-order chi connectivity index (χ0) is 33.3. The van der Waals surface area contributed by atoms with Crippen molar-refractivity contribution in [1.29, 1.82) is 0 Å². The standard InChI is InChI=1S/C36H49N5O6/c1-26-22-28(23-27(2)32(26)43)25-40-31-7-5-4-6-29(31)8-13-39(33(40)44)30-9-14-41(34(45)46)36(24-30,12-19-42)38-15-10-35(3,11-16-38)37-17-20-47-21-18-37/h4-7,19,22-23,30,43H,8-18,20-21,24-25H2,1-3H3,(H,45,46)/t30-,36+/m1/s1. The number of rotatable bonds is 7. The molecule has 3 saturated heterocycles. The van der Waals surface area contributed by atoms with Gasteiger partial charge in [-0.3, -0.25) is 19.6 Å². The number of ether oxygens (including phenoxy) is 1. The molecule has 4 aliphatic heterocycles. The Morgan fingerprint density at radius 3 is 2.34 bits per heavy atom.